The Hall–Kier alpha value is -2.33. The molecule has 0 bridgehead atoms. The van der Waals surface area contributed by atoms with E-state index < -0.39 is 9.84 Å². The van der Waals surface area contributed by atoms with E-state index in [-0.39, 0.29) is 29.2 Å². The van der Waals surface area contributed by atoms with Crippen LogP contribution in [0.1, 0.15) is 6.42 Å². The minimum atomic E-state index is -3.01. The van der Waals surface area contributed by atoms with E-state index in [4.69, 9.17) is 4.42 Å². The number of para-hydroxylation sites is 1. The molecule has 136 valence electrons. The maximum absolute atomic E-state index is 12.0. The molecule has 4 rings (SSSR count). The highest BCUT2D eigenvalue weighted by atomic mass is 32.2. The first-order valence-electron chi connectivity index (χ1n) is 8.03. The summed E-state index contributed by atoms with van der Waals surface area (Å²) < 4.78 is 28.5. The van der Waals surface area contributed by atoms with Crippen molar-refractivity contribution in [1.29, 1.82) is 0 Å². The van der Waals surface area contributed by atoms with Crippen molar-refractivity contribution in [3.8, 4) is 11.5 Å². The first-order valence-corrected chi connectivity index (χ1v) is 10.8. The van der Waals surface area contributed by atoms with Gasteiger partial charge in [0.05, 0.1) is 22.8 Å². The Labute approximate surface area is 153 Å². The van der Waals surface area contributed by atoms with Gasteiger partial charge in [0.2, 0.25) is 5.91 Å². The van der Waals surface area contributed by atoms with Crippen LogP contribution in [0.2, 0.25) is 0 Å². The van der Waals surface area contributed by atoms with E-state index in [0.717, 1.165) is 28.2 Å². The number of carbonyl (C=O) groups is 1. The predicted octanol–water partition coefficient (Wildman–Crippen LogP) is 1.61. The van der Waals surface area contributed by atoms with Crippen molar-refractivity contribution in [2.75, 3.05) is 17.3 Å². The number of sulfone groups is 1. The number of nitrogens with zero attached hydrogens (tertiary/aromatic N) is 2. The van der Waals surface area contributed by atoms with E-state index in [1.807, 2.05) is 24.3 Å². The number of rotatable bonds is 5. The van der Waals surface area contributed by atoms with Gasteiger partial charge in [0.25, 0.3) is 11.1 Å². The normalized spacial score (nSPS) is 19.0. The number of carbonyl (C=O) groups excluding carboxylic acids is 1. The number of hydrogen-bond donors (Lipinski definition) is 2. The van der Waals surface area contributed by atoms with Crippen LogP contribution in [0.25, 0.3) is 22.4 Å². The molecule has 10 heteroatoms. The van der Waals surface area contributed by atoms with Crippen molar-refractivity contribution < 1.29 is 17.6 Å². The van der Waals surface area contributed by atoms with Gasteiger partial charge in [-0.1, -0.05) is 30.0 Å². The first kappa shape index (κ1) is 17.1. The van der Waals surface area contributed by atoms with Crippen molar-refractivity contribution in [1.82, 2.24) is 20.5 Å². The predicted molar refractivity (Wildman–Crippen MR) is 97.5 cm³/mol. The van der Waals surface area contributed by atoms with Gasteiger partial charge in [0, 0.05) is 23.1 Å². The van der Waals surface area contributed by atoms with E-state index in [2.05, 4.69) is 20.5 Å². The quantitative estimate of drug-likeness (QED) is 0.633. The van der Waals surface area contributed by atoms with Gasteiger partial charge in [0.1, 0.15) is 0 Å². The molecule has 1 saturated heterocycles. The third-order valence-corrected chi connectivity index (χ3v) is 6.74. The fraction of sp³-hybridized carbons (Fsp3) is 0.312. The molecule has 3 aromatic rings. The molecule has 8 nitrogen and oxygen atoms in total. The summed E-state index contributed by atoms with van der Waals surface area (Å²) in [6.07, 6.45) is 2.27. The average molecular weight is 392 g/mol. The van der Waals surface area contributed by atoms with E-state index in [0.29, 0.717) is 17.5 Å². The zero-order valence-electron chi connectivity index (χ0n) is 13.6. The Bertz CT molecular complexity index is 1060. The van der Waals surface area contributed by atoms with Crippen LogP contribution in [0.15, 0.2) is 40.1 Å². The van der Waals surface area contributed by atoms with Crippen molar-refractivity contribution in [2.45, 2.75) is 17.7 Å². The number of amides is 1. The molecule has 1 aliphatic rings. The molecule has 1 atom stereocenters. The number of H-pyrrole nitrogens is 1. The smallest absolute Gasteiger partial charge is 0.277 e. The molecule has 1 fully saturated rings. The molecule has 1 amide bonds. The van der Waals surface area contributed by atoms with Gasteiger partial charge in [-0.15, -0.1) is 10.2 Å². The third kappa shape index (κ3) is 3.61. The molecule has 2 N–H and O–H groups in total. The highest BCUT2D eigenvalue weighted by molar-refractivity contribution is 7.99. The summed E-state index contributed by atoms with van der Waals surface area (Å²) in [6, 6.07) is 7.47. The molecule has 0 spiro atoms. The molecule has 0 radical (unpaired) electrons. The topological polar surface area (TPSA) is 118 Å². The molecular weight excluding hydrogens is 376 g/mol. The first-order chi connectivity index (χ1) is 12.5. The molecule has 1 unspecified atom stereocenters. The van der Waals surface area contributed by atoms with Crippen LogP contribution in [0.3, 0.4) is 0 Å². The second-order valence-electron chi connectivity index (χ2n) is 6.08. The number of thioether (sulfide) groups is 1. The summed E-state index contributed by atoms with van der Waals surface area (Å²) in [5.41, 5.74) is 1.78. The van der Waals surface area contributed by atoms with Crippen molar-refractivity contribution >= 4 is 38.4 Å². The van der Waals surface area contributed by atoms with E-state index >= 15 is 0 Å². The fourth-order valence-corrected chi connectivity index (χ4v) is 5.18. The van der Waals surface area contributed by atoms with E-state index in [1.165, 1.54) is 0 Å². The molecule has 2 aromatic heterocycles. The summed E-state index contributed by atoms with van der Waals surface area (Å²) in [5.74, 6) is 0.361. The van der Waals surface area contributed by atoms with Crippen LogP contribution in [0.4, 0.5) is 0 Å². The zero-order chi connectivity index (χ0) is 18.1. The van der Waals surface area contributed by atoms with Crippen LogP contribution in [-0.2, 0) is 14.6 Å². The third-order valence-electron chi connectivity index (χ3n) is 4.15. The van der Waals surface area contributed by atoms with Gasteiger partial charge >= 0.3 is 0 Å². The van der Waals surface area contributed by atoms with Crippen LogP contribution < -0.4 is 5.32 Å². The van der Waals surface area contributed by atoms with Gasteiger partial charge in [-0.25, -0.2) is 8.42 Å². The largest absolute Gasteiger partial charge is 0.411 e. The monoisotopic (exact) mass is 392 g/mol. The van der Waals surface area contributed by atoms with Crippen LogP contribution >= 0.6 is 11.8 Å². The summed E-state index contributed by atoms with van der Waals surface area (Å²) >= 11 is 1.12. The highest BCUT2D eigenvalue weighted by Gasteiger charge is 2.28. The molecule has 1 aliphatic heterocycles. The lowest BCUT2D eigenvalue weighted by Crippen LogP contribution is -2.36. The van der Waals surface area contributed by atoms with Crippen LogP contribution in [0.5, 0.6) is 0 Å². The lowest BCUT2D eigenvalue weighted by Gasteiger charge is -2.09. The lowest BCUT2D eigenvalue weighted by atomic mass is 10.2. The van der Waals surface area contributed by atoms with Gasteiger partial charge in [-0.2, -0.15) is 0 Å². The van der Waals surface area contributed by atoms with E-state index in [1.54, 1.807) is 6.20 Å². The van der Waals surface area contributed by atoms with Gasteiger partial charge in [-0.3, -0.25) is 4.79 Å². The van der Waals surface area contributed by atoms with Crippen LogP contribution in [-0.4, -0.2) is 52.8 Å². The fourth-order valence-electron chi connectivity index (χ4n) is 2.93. The summed E-state index contributed by atoms with van der Waals surface area (Å²) in [4.78, 5) is 15.1. The molecule has 3 heterocycles. The van der Waals surface area contributed by atoms with Crippen molar-refractivity contribution in [2.24, 2.45) is 0 Å². The Morgan fingerprint density at radius 1 is 1.35 bits per heavy atom. The average Bonchev–Trinajstić information content (AvgIpc) is 3.31. The molecule has 26 heavy (non-hydrogen) atoms. The zero-order valence-corrected chi connectivity index (χ0v) is 15.3. The van der Waals surface area contributed by atoms with Crippen molar-refractivity contribution in [3.05, 3.63) is 30.5 Å². The number of aromatic nitrogens is 3. The van der Waals surface area contributed by atoms with Crippen LogP contribution in [0, 0.1) is 0 Å². The van der Waals surface area contributed by atoms with Gasteiger partial charge < -0.3 is 14.7 Å². The van der Waals surface area contributed by atoms with E-state index in [9.17, 15) is 13.2 Å². The molecule has 0 aliphatic carbocycles. The van der Waals surface area contributed by atoms with Gasteiger partial charge in [-0.05, 0) is 12.5 Å². The maximum Gasteiger partial charge on any atom is 0.277 e. The summed E-state index contributed by atoms with van der Waals surface area (Å²) in [7, 11) is -3.01. The maximum atomic E-state index is 12.0. The van der Waals surface area contributed by atoms with Crippen molar-refractivity contribution in [3.63, 3.8) is 0 Å². The molecule has 1 aromatic carbocycles. The highest BCUT2D eigenvalue weighted by Crippen LogP contribution is 2.29. The second kappa shape index (κ2) is 6.76. The molecule has 0 saturated carbocycles. The minimum Gasteiger partial charge on any atom is -0.411 e. The summed E-state index contributed by atoms with van der Waals surface area (Å²) in [5, 5.41) is 12.0. The number of nitrogens with one attached hydrogen (secondary N) is 2. The number of fused-ring (bicyclic) bond motifs is 1. The Kier molecular flexibility index (Phi) is 4.45. The standard InChI is InChI=1S/C16H16N4O4S2/c21-14(18-10-5-6-26(22,23)9-10)8-25-16-20-19-15(24-16)12-7-17-13-4-2-1-3-11(12)13/h1-4,7,10,17H,5-6,8-9H2,(H,18,21). The second-order valence-corrected chi connectivity index (χ2v) is 9.23. The Balaban J connectivity index is 1.37. The Morgan fingerprint density at radius 3 is 3.00 bits per heavy atom. The molecular formula is C16H16N4O4S2. The number of aromatic amines is 1. The SMILES string of the molecule is O=C(CSc1nnc(-c2c[nH]c3ccccc23)o1)NC1CCS(=O)(=O)C1. The summed E-state index contributed by atoms with van der Waals surface area (Å²) in [6.45, 7) is 0. The lowest BCUT2D eigenvalue weighted by molar-refractivity contribution is -0.119. The van der Waals surface area contributed by atoms with Gasteiger partial charge in [0.15, 0.2) is 9.84 Å². The Morgan fingerprint density at radius 2 is 2.19 bits per heavy atom. The number of benzene rings is 1. The minimum absolute atomic E-state index is 0.00861. The number of hydrogen-bond acceptors (Lipinski definition) is 7.